The Kier molecular flexibility index (Phi) is 5.71. The first-order chi connectivity index (χ1) is 13.0. The van der Waals surface area contributed by atoms with E-state index in [0.29, 0.717) is 5.82 Å². The molecule has 0 atom stereocenters. The number of rotatable bonds is 6. The maximum atomic E-state index is 12.2. The monoisotopic (exact) mass is 361 g/mol. The summed E-state index contributed by atoms with van der Waals surface area (Å²) < 4.78 is 5.12. The number of pyridine rings is 1. The molecular weight excluding hydrogens is 338 g/mol. The maximum absolute atomic E-state index is 12.2. The van der Waals surface area contributed by atoms with Crippen LogP contribution in [0.25, 0.3) is 0 Å². The molecule has 0 saturated carbocycles. The third kappa shape index (κ3) is 5.07. The zero-order chi connectivity index (χ0) is 19.2. The highest BCUT2D eigenvalue weighted by atomic mass is 16.5. The molecular formula is C22H23N3O2. The van der Waals surface area contributed by atoms with Crippen LogP contribution in [-0.4, -0.2) is 18.0 Å². The van der Waals surface area contributed by atoms with Crippen molar-refractivity contribution in [1.82, 2.24) is 4.98 Å². The molecule has 0 saturated heterocycles. The van der Waals surface area contributed by atoms with E-state index in [-0.39, 0.29) is 12.3 Å². The summed E-state index contributed by atoms with van der Waals surface area (Å²) in [6.07, 6.45) is 2.00. The van der Waals surface area contributed by atoms with Crippen molar-refractivity contribution in [3.8, 4) is 5.75 Å². The number of nitrogens with one attached hydrogen (secondary N) is 2. The van der Waals surface area contributed by atoms with Gasteiger partial charge >= 0.3 is 0 Å². The Morgan fingerprint density at radius 3 is 2.48 bits per heavy atom. The third-order valence-corrected chi connectivity index (χ3v) is 4.23. The van der Waals surface area contributed by atoms with Gasteiger partial charge in [-0.05, 0) is 60.9 Å². The van der Waals surface area contributed by atoms with Crippen LogP contribution in [0.1, 0.15) is 16.7 Å². The van der Waals surface area contributed by atoms with Crippen LogP contribution in [-0.2, 0) is 11.2 Å². The number of nitrogens with zero attached hydrogens (tertiary/aromatic N) is 1. The Balaban J connectivity index is 1.59. The lowest BCUT2D eigenvalue weighted by molar-refractivity contribution is -0.115. The Bertz CT molecular complexity index is 919. The van der Waals surface area contributed by atoms with E-state index in [1.807, 2.05) is 30.3 Å². The van der Waals surface area contributed by atoms with Crippen LogP contribution >= 0.6 is 0 Å². The molecule has 1 amide bonds. The number of aryl methyl sites for hydroxylation is 2. The number of aromatic nitrogens is 1. The van der Waals surface area contributed by atoms with E-state index in [9.17, 15) is 4.79 Å². The van der Waals surface area contributed by atoms with Crippen LogP contribution in [0.15, 0.2) is 60.8 Å². The summed E-state index contributed by atoms with van der Waals surface area (Å²) in [6.45, 7) is 4.12. The van der Waals surface area contributed by atoms with Gasteiger partial charge in [0.1, 0.15) is 11.6 Å². The number of carbonyl (C=O) groups excluding carboxylic acids is 1. The van der Waals surface area contributed by atoms with Crippen molar-refractivity contribution in [1.29, 1.82) is 0 Å². The fourth-order valence-electron chi connectivity index (χ4n) is 2.68. The number of anilines is 3. The van der Waals surface area contributed by atoms with Gasteiger partial charge in [0, 0.05) is 5.69 Å². The lowest BCUT2D eigenvalue weighted by atomic mass is 10.1. The van der Waals surface area contributed by atoms with E-state index in [1.54, 1.807) is 19.4 Å². The quantitative estimate of drug-likeness (QED) is 0.672. The van der Waals surface area contributed by atoms with Gasteiger partial charge in [0.25, 0.3) is 0 Å². The molecule has 0 bridgehead atoms. The minimum atomic E-state index is -0.108. The smallest absolute Gasteiger partial charge is 0.229 e. The SMILES string of the molecule is COc1ccc(CC(=O)Nc2ccc(Nc3cc(C)ccc3C)cn2)cc1. The van der Waals surface area contributed by atoms with Gasteiger partial charge in [-0.15, -0.1) is 0 Å². The van der Waals surface area contributed by atoms with Crippen LogP contribution in [0.2, 0.25) is 0 Å². The van der Waals surface area contributed by atoms with E-state index in [1.165, 1.54) is 5.56 Å². The Labute approximate surface area is 159 Å². The van der Waals surface area contributed by atoms with Crippen molar-refractivity contribution in [2.75, 3.05) is 17.7 Å². The Hall–Kier alpha value is -3.34. The molecule has 3 aromatic rings. The number of hydrogen-bond acceptors (Lipinski definition) is 4. The van der Waals surface area contributed by atoms with E-state index in [4.69, 9.17) is 4.74 Å². The summed E-state index contributed by atoms with van der Waals surface area (Å²) in [5.74, 6) is 1.19. The van der Waals surface area contributed by atoms with Crippen molar-refractivity contribution in [3.05, 3.63) is 77.5 Å². The summed E-state index contributed by atoms with van der Waals surface area (Å²) in [4.78, 5) is 16.5. The van der Waals surface area contributed by atoms with Crippen LogP contribution in [0.3, 0.4) is 0 Å². The van der Waals surface area contributed by atoms with Crippen LogP contribution < -0.4 is 15.4 Å². The van der Waals surface area contributed by atoms with Gasteiger partial charge in [0.2, 0.25) is 5.91 Å². The average Bonchev–Trinajstić information content (AvgIpc) is 2.67. The van der Waals surface area contributed by atoms with E-state index in [0.717, 1.165) is 28.3 Å². The molecule has 3 rings (SSSR count). The lowest BCUT2D eigenvalue weighted by Crippen LogP contribution is -2.15. The van der Waals surface area contributed by atoms with Gasteiger partial charge in [0.05, 0.1) is 25.4 Å². The van der Waals surface area contributed by atoms with Crippen molar-refractivity contribution < 1.29 is 9.53 Å². The molecule has 5 nitrogen and oxygen atoms in total. The van der Waals surface area contributed by atoms with Gasteiger partial charge in [-0.1, -0.05) is 24.3 Å². The predicted molar refractivity (Wildman–Crippen MR) is 109 cm³/mol. The fourth-order valence-corrected chi connectivity index (χ4v) is 2.68. The molecule has 0 aliphatic heterocycles. The highest BCUT2D eigenvalue weighted by Crippen LogP contribution is 2.22. The average molecular weight is 361 g/mol. The number of amides is 1. The molecule has 0 spiro atoms. The Morgan fingerprint density at radius 1 is 1.04 bits per heavy atom. The molecule has 1 aromatic heterocycles. The second kappa shape index (κ2) is 8.36. The number of benzene rings is 2. The van der Waals surface area contributed by atoms with Gasteiger partial charge in [0.15, 0.2) is 0 Å². The van der Waals surface area contributed by atoms with Gasteiger partial charge in [-0.3, -0.25) is 4.79 Å². The van der Waals surface area contributed by atoms with Gasteiger partial charge < -0.3 is 15.4 Å². The summed E-state index contributed by atoms with van der Waals surface area (Å²) in [5, 5.41) is 6.18. The highest BCUT2D eigenvalue weighted by molar-refractivity contribution is 5.91. The largest absolute Gasteiger partial charge is 0.497 e. The highest BCUT2D eigenvalue weighted by Gasteiger charge is 2.06. The zero-order valence-corrected chi connectivity index (χ0v) is 15.7. The molecule has 0 aliphatic carbocycles. The van der Waals surface area contributed by atoms with Crippen LogP contribution in [0, 0.1) is 13.8 Å². The van der Waals surface area contributed by atoms with Crippen LogP contribution in [0.5, 0.6) is 5.75 Å². The molecule has 1 heterocycles. The minimum Gasteiger partial charge on any atom is -0.497 e. The van der Waals surface area contributed by atoms with Crippen LogP contribution in [0.4, 0.5) is 17.2 Å². The summed E-state index contributed by atoms with van der Waals surface area (Å²) in [7, 11) is 1.62. The van der Waals surface area contributed by atoms with Gasteiger partial charge in [-0.2, -0.15) is 0 Å². The van der Waals surface area contributed by atoms with E-state index >= 15 is 0 Å². The summed E-state index contributed by atoms with van der Waals surface area (Å²) >= 11 is 0. The molecule has 0 aliphatic rings. The minimum absolute atomic E-state index is 0.108. The first-order valence-corrected chi connectivity index (χ1v) is 8.76. The van der Waals surface area contributed by atoms with Crippen molar-refractivity contribution in [2.45, 2.75) is 20.3 Å². The van der Waals surface area contributed by atoms with Crippen molar-refractivity contribution in [3.63, 3.8) is 0 Å². The maximum Gasteiger partial charge on any atom is 0.229 e. The standard InChI is InChI=1S/C22H23N3O2/c1-15-4-5-16(2)20(12-15)24-18-8-11-21(23-14-18)25-22(26)13-17-6-9-19(27-3)10-7-17/h4-12,14,24H,13H2,1-3H3,(H,23,25,26). The first kappa shape index (κ1) is 18.5. The number of carbonyl (C=O) groups is 1. The van der Waals surface area contributed by atoms with Crippen molar-refractivity contribution in [2.24, 2.45) is 0 Å². The second-order valence-electron chi connectivity index (χ2n) is 6.45. The number of ether oxygens (including phenoxy) is 1. The molecule has 0 unspecified atom stereocenters. The van der Waals surface area contributed by atoms with E-state index in [2.05, 4.69) is 47.7 Å². The molecule has 5 heteroatoms. The fraction of sp³-hybridized carbons (Fsp3) is 0.182. The summed E-state index contributed by atoms with van der Waals surface area (Å²) in [5.41, 5.74) is 5.20. The zero-order valence-electron chi connectivity index (χ0n) is 15.7. The molecule has 2 aromatic carbocycles. The first-order valence-electron chi connectivity index (χ1n) is 8.76. The number of methoxy groups -OCH3 is 1. The molecule has 138 valence electrons. The van der Waals surface area contributed by atoms with E-state index < -0.39 is 0 Å². The Morgan fingerprint density at radius 2 is 1.81 bits per heavy atom. The van der Waals surface area contributed by atoms with Gasteiger partial charge in [-0.25, -0.2) is 4.98 Å². The third-order valence-electron chi connectivity index (χ3n) is 4.23. The number of hydrogen-bond donors (Lipinski definition) is 2. The molecule has 2 N–H and O–H groups in total. The summed E-state index contributed by atoms with van der Waals surface area (Å²) in [6, 6.07) is 17.4. The molecule has 0 radical (unpaired) electrons. The predicted octanol–water partition coefficient (Wildman–Crippen LogP) is 4.63. The normalized spacial score (nSPS) is 10.3. The molecule has 27 heavy (non-hydrogen) atoms. The second-order valence-corrected chi connectivity index (χ2v) is 6.45. The van der Waals surface area contributed by atoms with Crippen molar-refractivity contribution >= 4 is 23.1 Å². The topological polar surface area (TPSA) is 63.2 Å². The lowest BCUT2D eigenvalue weighted by Gasteiger charge is -2.11. The molecule has 0 fully saturated rings.